The van der Waals surface area contributed by atoms with Crippen LogP contribution in [-0.2, 0) is 7.05 Å². The summed E-state index contributed by atoms with van der Waals surface area (Å²) in [6.07, 6.45) is 1.94. The molecule has 0 radical (unpaired) electrons. The molecule has 0 aliphatic heterocycles. The van der Waals surface area contributed by atoms with Crippen LogP contribution in [0, 0.1) is 13.8 Å². The highest BCUT2D eigenvalue weighted by atomic mass is 16.1. The third-order valence-corrected chi connectivity index (χ3v) is 3.48. The van der Waals surface area contributed by atoms with Gasteiger partial charge in [0.05, 0.1) is 11.0 Å². The smallest absolute Gasteiger partial charge is 0.275 e. The summed E-state index contributed by atoms with van der Waals surface area (Å²) in [5.74, 6) is 0. The second kappa shape index (κ2) is 3.23. The van der Waals surface area contributed by atoms with Gasteiger partial charge >= 0.3 is 0 Å². The molecule has 3 aromatic rings. The van der Waals surface area contributed by atoms with Gasteiger partial charge in [-0.05, 0) is 49.2 Å². The topological polar surface area (TPSA) is 26.4 Å². The predicted octanol–water partition coefficient (Wildman–Crippen LogP) is 2.41. The van der Waals surface area contributed by atoms with Crippen molar-refractivity contribution in [1.82, 2.24) is 8.97 Å². The fourth-order valence-electron chi connectivity index (χ4n) is 2.29. The summed E-state index contributed by atoms with van der Waals surface area (Å²) >= 11 is 0. The molecule has 0 saturated heterocycles. The molecular formula is C14H14N2O. The van der Waals surface area contributed by atoms with Gasteiger partial charge in [0, 0.05) is 13.2 Å². The van der Waals surface area contributed by atoms with Crippen LogP contribution in [0.4, 0.5) is 0 Å². The Morgan fingerprint density at radius 2 is 1.65 bits per heavy atom. The molecule has 0 amide bonds. The van der Waals surface area contributed by atoms with E-state index >= 15 is 0 Å². The fraction of sp³-hybridized carbons (Fsp3) is 0.214. The molecule has 86 valence electrons. The molecular weight excluding hydrogens is 212 g/mol. The minimum Gasteiger partial charge on any atom is -0.310 e. The Labute approximate surface area is 98.9 Å². The van der Waals surface area contributed by atoms with E-state index in [1.807, 2.05) is 29.8 Å². The minimum atomic E-state index is 0.0470. The first-order valence-electron chi connectivity index (χ1n) is 5.66. The summed E-state index contributed by atoms with van der Waals surface area (Å²) in [5, 5.41) is 0. The molecule has 0 unspecified atom stereocenters. The predicted molar refractivity (Wildman–Crippen MR) is 69.6 cm³/mol. The monoisotopic (exact) mass is 226 g/mol. The zero-order valence-electron chi connectivity index (χ0n) is 10.2. The molecule has 2 heterocycles. The van der Waals surface area contributed by atoms with Gasteiger partial charge in [0.1, 0.15) is 5.52 Å². The van der Waals surface area contributed by atoms with Crippen molar-refractivity contribution in [2.45, 2.75) is 13.8 Å². The van der Waals surface area contributed by atoms with Gasteiger partial charge in [0.25, 0.3) is 5.56 Å². The second-order valence-corrected chi connectivity index (χ2v) is 4.55. The molecule has 0 spiro atoms. The van der Waals surface area contributed by atoms with E-state index < -0.39 is 0 Å². The molecule has 0 bridgehead atoms. The van der Waals surface area contributed by atoms with Crippen LogP contribution in [0.5, 0.6) is 0 Å². The number of hydrogen-bond donors (Lipinski definition) is 0. The van der Waals surface area contributed by atoms with Crippen molar-refractivity contribution in [1.29, 1.82) is 0 Å². The molecule has 0 atom stereocenters. The normalized spacial score (nSPS) is 11.5. The van der Waals surface area contributed by atoms with Gasteiger partial charge < -0.3 is 8.97 Å². The van der Waals surface area contributed by atoms with Crippen LogP contribution in [0.2, 0.25) is 0 Å². The van der Waals surface area contributed by atoms with Gasteiger partial charge in [0.2, 0.25) is 0 Å². The van der Waals surface area contributed by atoms with Crippen molar-refractivity contribution in [3.63, 3.8) is 0 Å². The maximum atomic E-state index is 12.1. The van der Waals surface area contributed by atoms with E-state index in [4.69, 9.17) is 0 Å². The average Bonchev–Trinajstić information content (AvgIpc) is 2.78. The molecule has 0 aliphatic rings. The maximum Gasteiger partial charge on any atom is 0.275 e. The average molecular weight is 226 g/mol. The number of aryl methyl sites for hydroxylation is 3. The molecule has 3 rings (SSSR count). The molecule has 0 aliphatic carbocycles. The van der Waals surface area contributed by atoms with Crippen LogP contribution in [0.1, 0.15) is 11.1 Å². The number of rotatable bonds is 0. The van der Waals surface area contributed by atoms with Crippen molar-refractivity contribution in [2.75, 3.05) is 0 Å². The quantitative estimate of drug-likeness (QED) is 0.578. The summed E-state index contributed by atoms with van der Waals surface area (Å²) in [6, 6.07) is 7.98. The van der Waals surface area contributed by atoms with Crippen LogP contribution < -0.4 is 5.56 Å². The van der Waals surface area contributed by atoms with Crippen LogP contribution in [0.15, 0.2) is 35.3 Å². The lowest BCUT2D eigenvalue weighted by Crippen LogP contribution is -2.19. The lowest BCUT2D eigenvalue weighted by molar-refractivity contribution is 0.899. The van der Waals surface area contributed by atoms with Gasteiger partial charge in [-0.3, -0.25) is 4.79 Å². The van der Waals surface area contributed by atoms with Crippen molar-refractivity contribution < 1.29 is 0 Å². The van der Waals surface area contributed by atoms with Crippen LogP contribution >= 0.6 is 0 Å². The van der Waals surface area contributed by atoms with Crippen molar-refractivity contribution >= 4 is 16.6 Å². The zero-order chi connectivity index (χ0) is 12.2. The Balaban J connectivity index is 2.70. The number of benzene rings is 1. The molecule has 0 saturated carbocycles. The van der Waals surface area contributed by atoms with Gasteiger partial charge in [-0.2, -0.15) is 0 Å². The Morgan fingerprint density at radius 1 is 1.00 bits per heavy atom. The Kier molecular flexibility index (Phi) is 1.93. The molecule has 3 nitrogen and oxygen atoms in total. The molecule has 0 fully saturated rings. The summed E-state index contributed by atoms with van der Waals surface area (Å²) < 4.78 is 3.68. The number of aromatic nitrogens is 2. The van der Waals surface area contributed by atoms with E-state index in [1.165, 1.54) is 11.1 Å². The summed E-state index contributed by atoms with van der Waals surface area (Å²) in [4.78, 5) is 12.1. The van der Waals surface area contributed by atoms with Crippen LogP contribution in [-0.4, -0.2) is 8.97 Å². The SMILES string of the molecule is Cc1cc2c(cc1C)n1cccc1c(=O)n2C. The minimum absolute atomic E-state index is 0.0470. The standard InChI is InChI=1S/C14H14N2O/c1-9-7-12-13(8-10(9)2)16-6-4-5-11(16)14(17)15(12)3/h4-8H,1-3H3. The highest BCUT2D eigenvalue weighted by Gasteiger charge is 2.08. The second-order valence-electron chi connectivity index (χ2n) is 4.55. The Bertz CT molecular complexity index is 793. The van der Waals surface area contributed by atoms with E-state index in [0.29, 0.717) is 0 Å². The lowest BCUT2D eigenvalue weighted by atomic mass is 10.1. The molecule has 3 heteroatoms. The third kappa shape index (κ3) is 1.25. The van der Waals surface area contributed by atoms with Crippen molar-refractivity contribution in [3.05, 3.63) is 51.9 Å². The van der Waals surface area contributed by atoms with Gasteiger partial charge in [-0.15, -0.1) is 0 Å². The van der Waals surface area contributed by atoms with Gasteiger partial charge in [0.15, 0.2) is 0 Å². The van der Waals surface area contributed by atoms with Crippen LogP contribution in [0.25, 0.3) is 16.6 Å². The first-order valence-corrected chi connectivity index (χ1v) is 5.66. The molecule has 0 N–H and O–H groups in total. The largest absolute Gasteiger partial charge is 0.310 e. The highest BCUT2D eigenvalue weighted by molar-refractivity contribution is 5.80. The van der Waals surface area contributed by atoms with Crippen molar-refractivity contribution in [2.24, 2.45) is 7.05 Å². The van der Waals surface area contributed by atoms with Gasteiger partial charge in [-0.25, -0.2) is 0 Å². The zero-order valence-corrected chi connectivity index (χ0v) is 10.2. The maximum absolute atomic E-state index is 12.1. The van der Waals surface area contributed by atoms with E-state index in [1.54, 1.807) is 4.57 Å². The fourth-order valence-corrected chi connectivity index (χ4v) is 2.29. The summed E-state index contributed by atoms with van der Waals surface area (Å²) in [6.45, 7) is 4.16. The first-order chi connectivity index (χ1) is 8.09. The Hall–Kier alpha value is -2.03. The number of fused-ring (bicyclic) bond motifs is 3. The summed E-state index contributed by atoms with van der Waals surface area (Å²) in [7, 11) is 1.83. The molecule has 1 aromatic carbocycles. The highest BCUT2D eigenvalue weighted by Crippen LogP contribution is 2.19. The summed E-state index contributed by atoms with van der Waals surface area (Å²) in [5.41, 5.74) is 5.27. The van der Waals surface area contributed by atoms with E-state index in [-0.39, 0.29) is 5.56 Å². The van der Waals surface area contributed by atoms with Crippen molar-refractivity contribution in [3.8, 4) is 0 Å². The lowest BCUT2D eigenvalue weighted by Gasteiger charge is -2.10. The van der Waals surface area contributed by atoms with Crippen LogP contribution in [0.3, 0.4) is 0 Å². The van der Waals surface area contributed by atoms with E-state index in [2.05, 4.69) is 26.0 Å². The van der Waals surface area contributed by atoms with E-state index in [0.717, 1.165) is 16.6 Å². The molecule has 2 aromatic heterocycles. The van der Waals surface area contributed by atoms with Gasteiger partial charge in [-0.1, -0.05) is 0 Å². The first kappa shape index (κ1) is 10.1. The number of nitrogens with zero attached hydrogens (tertiary/aromatic N) is 2. The number of hydrogen-bond acceptors (Lipinski definition) is 1. The molecule has 17 heavy (non-hydrogen) atoms. The third-order valence-electron chi connectivity index (χ3n) is 3.48. The Morgan fingerprint density at radius 3 is 2.35 bits per heavy atom. The van der Waals surface area contributed by atoms with E-state index in [9.17, 15) is 4.79 Å².